The van der Waals surface area contributed by atoms with Gasteiger partial charge in [-0.1, -0.05) is 12.1 Å². The smallest absolute Gasteiger partial charge is 0.251 e. The van der Waals surface area contributed by atoms with Crippen LogP contribution in [0.1, 0.15) is 28.9 Å². The molecular formula is C18H21N5O2. The third-order valence-corrected chi connectivity index (χ3v) is 4.38. The first-order chi connectivity index (χ1) is 12.1. The lowest BCUT2D eigenvalue weighted by molar-refractivity contribution is -0.131. The van der Waals surface area contributed by atoms with Gasteiger partial charge in [0.1, 0.15) is 0 Å². The van der Waals surface area contributed by atoms with E-state index in [2.05, 4.69) is 20.2 Å². The van der Waals surface area contributed by atoms with Crippen molar-refractivity contribution in [1.29, 1.82) is 0 Å². The Morgan fingerprint density at radius 3 is 2.60 bits per heavy atom. The number of aromatic nitrogens is 2. The summed E-state index contributed by atoms with van der Waals surface area (Å²) >= 11 is 0. The van der Waals surface area contributed by atoms with Crippen molar-refractivity contribution in [2.75, 3.05) is 31.6 Å². The van der Waals surface area contributed by atoms with Crippen molar-refractivity contribution in [2.45, 2.75) is 13.0 Å². The van der Waals surface area contributed by atoms with Gasteiger partial charge in [0, 0.05) is 51.6 Å². The Kier molecular flexibility index (Phi) is 4.92. The first kappa shape index (κ1) is 16.9. The lowest BCUT2D eigenvalue weighted by Gasteiger charge is -2.41. The van der Waals surface area contributed by atoms with Crippen LogP contribution in [0.25, 0.3) is 0 Å². The maximum Gasteiger partial charge on any atom is 0.251 e. The fraction of sp³-hybridized carbons (Fsp3) is 0.333. The molecule has 1 aliphatic rings. The van der Waals surface area contributed by atoms with Crippen LogP contribution in [-0.4, -0.2) is 53.4 Å². The van der Waals surface area contributed by atoms with Crippen molar-refractivity contribution in [2.24, 2.45) is 0 Å². The predicted molar refractivity (Wildman–Crippen MR) is 94.2 cm³/mol. The molecule has 0 aliphatic carbocycles. The maximum atomic E-state index is 12.1. The van der Waals surface area contributed by atoms with E-state index < -0.39 is 0 Å². The molecule has 1 aromatic heterocycles. The maximum absolute atomic E-state index is 12.1. The lowest BCUT2D eigenvalue weighted by Crippen LogP contribution is -2.50. The average Bonchev–Trinajstić information content (AvgIpc) is 2.67. The summed E-state index contributed by atoms with van der Waals surface area (Å²) in [6, 6.07) is 9.02. The molecule has 130 valence electrons. The van der Waals surface area contributed by atoms with Gasteiger partial charge in [-0.3, -0.25) is 9.59 Å². The van der Waals surface area contributed by atoms with Gasteiger partial charge < -0.3 is 15.1 Å². The van der Waals surface area contributed by atoms with Crippen molar-refractivity contribution >= 4 is 17.8 Å². The number of hydrogen-bond donors (Lipinski definition) is 1. The van der Waals surface area contributed by atoms with Crippen LogP contribution in [-0.2, 0) is 4.79 Å². The number of piperazine rings is 1. The van der Waals surface area contributed by atoms with E-state index in [1.807, 2.05) is 23.1 Å². The summed E-state index contributed by atoms with van der Waals surface area (Å²) in [6.45, 7) is 3.42. The number of carbonyl (C=O) groups is 2. The van der Waals surface area contributed by atoms with Gasteiger partial charge in [-0.25, -0.2) is 9.97 Å². The number of nitrogens with zero attached hydrogens (tertiary/aromatic N) is 4. The van der Waals surface area contributed by atoms with Crippen molar-refractivity contribution in [1.82, 2.24) is 20.2 Å². The standard InChI is InChI=1S/C18H21N5O2/c1-13(24)23-10-9-22(18-20-7-4-8-21-18)12-16(23)14-5-3-6-15(11-14)17(25)19-2/h3-8,11,16H,9-10,12H2,1-2H3,(H,19,25)/t16-/m0/s1. The topological polar surface area (TPSA) is 78.4 Å². The first-order valence-electron chi connectivity index (χ1n) is 8.21. The SMILES string of the molecule is CNC(=O)c1cccc([C@@H]2CN(c3ncccn3)CCN2C(C)=O)c1. The second-order valence-electron chi connectivity index (χ2n) is 5.93. The molecule has 1 N–H and O–H groups in total. The average molecular weight is 339 g/mol. The molecule has 2 aromatic rings. The van der Waals surface area contributed by atoms with E-state index in [0.29, 0.717) is 31.1 Å². The minimum atomic E-state index is -0.153. The number of hydrogen-bond acceptors (Lipinski definition) is 5. The third-order valence-electron chi connectivity index (χ3n) is 4.38. The van der Waals surface area contributed by atoms with E-state index in [4.69, 9.17) is 0 Å². The number of anilines is 1. The zero-order valence-electron chi connectivity index (χ0n) is 14.3. The van der Waals surface area contributed by atoms with Crippen molar-refractivity contribution in [3.05, 3.63) is 53.9 Å². The van der Waals surface area contributed by atoms with E-state index in [9.17, 15) is 9.59 Å². The number of benzene rings is 1. The second-order valence-corrected chi connectivity index (χ2v) is 5.93. The van der Waals surface area contributed by atoms with Crippen LogP contribution in [0.3, 0.4) is 0 Å². The second kappa shape index (κ2) is 7.29. The molecule has 3 rings (SSSR count). The highest BCUT2D eigenvalue weighted by atomic mass is 16.2. The fourth-order valence-corrected chi connectivity index (χ4v) is 3.11. The number of carbonyl (C=O) groups excluding carboxylic acids is 2. The molecule has 1 atom stereocenters. The van der Waals surface area contributed by atoms with Crippen LogP contribution in [0.2, 0.25) is 0 Å². The van der Waals surface area contributed by atoms with E-state index >= 15 is 0 Å². The van der Waals surface area contributed by atoms with Gasteiger partial charge in [0.15, 0.2) is 0 Å². The molecule has 7 heteroatoms. The highest BCUT2D eigenvalue weighted by molar-refractivity contribution is 5.94. The third kappa shape index (κ3) is 3.60. The van der Waals surface area contributed by atoms with E-state index in [-0.39, 0.29) is 17.9 Å². The number of nitrogens with one attached hydrogen (secondary N) is 1. The fourth-order valence-electron chi connectivity index (χ4n) is 3.11. The van der Waals surface area contributed by atoms with Gasteiger partial charge >= 0.3 is 0 Å². The van der Waals surface area contributed by atoms with Gasteiger partial charge in [0.2, 0.25) is 11.9 Å². The van der Waals surface area contributed by atoms with Crippen LogP contribution in [0, 0.1) is 0 Å². The van der Waals surface area contributed by atoms with Crippen LogP contribution in [0.4, 0.5) is 5.95 Å². The molecule has 2 heterocycles. The molecule has 0 unspecified atom stereocenters. The molecule has 25 heavy (non-hydrogen) atoms. The summed E-state index contributed by atoms with van der Waals surface area (Å²) in [4.78, 5) is 36.5. The van der Waals surface area contributed by atoms with E-state index in [0.717, 1.165) is 5.56 Å². The zero-order valence-corrected chi connectivity index (χ0v) is 14.3. The first-order valence-corrected chi connectivity index (χ1v) is 8.21. The molecule has 0 saturated carbocycles. The van der Waals surface area contributed by atoms with Gasteiger partial charge in [-0.15, -0.1) is 0 Å². The molecule has 0 spiro atoms. The van der Waals surface area contributed by atoms with Gasteiger partial charge in [0.25, 0.3) is 5.91 Å². The minimum Gasteiger partial charge on any atom is -0.355 e. The Hall–Kier alpha value is -2.96. The summed E-state index contributed by atoms with van der Waals surface area (Å²) in [5, 5.41) is 2.63. The van der Waals surface area contributed by atoms with Crippen LogP contribution in [0.5, 0.6) is 0 Å². The molecular weight excluding hydrogens is 318 g/mol. The Morgan fingerprint density at radius 1 is 1.16 bits per heavy atom. The van der Waals surface area contributed by atoms with Gasteiger partial charge in [-0.2, -0.15) is 0 Å². The van der Waals surface area contributed by atoms with Crippen molar-refractivity contribution < 1.29 is 9.59 Å². The Balaban J connectivity index is 1.92. The highest BCUT2D eigenvalue weighted by Crippen LogP contribution is 2.27. The van der Waals surface area contributed by atoms with Crippen molar-refractivity contribution in [3.8, 4) is 0 Å². The molecule has 1 aliphatic heterocycles. The van der Waals surface area contributed by atoms with Crippen LogP contribution in [0.15, 0.2) is 42.7 Å². The molecule has 0 radical (unpaired) electrons. The molecule has 1 saturated heterocycles. The Morgan fingerprint density at radius 2 is 1.92 bits per heavy atom. The van der Waals surface area contributed by atoms with Crippen molar-refractivity contribution in [3.63, 3.8) is 0 Å². The number of amides is 2. The Bertz CT molecular complexity index is 765. The minimum absolute atomic E-state index is 0.0176. The highest BCUT2D eigenvalue weighted by Gasteiger charge is 2.31. The van der Waals surface area contributed by atoms with E-state index in [1.165, 1.54) is 0 Å². The zero-order chi connectivity index (χ0) is 17.8. The summed E-state index contributed by atoms with van der Waals surface area (Å²) in [6.07, 6.45) is 3.42. The molecule has 1 fully saturated rings. The lowest BCUT2D eigenvalue weighted by atomic mass is 9.99. The monoisotopic (exact) mass is 339 g/mol. The summed E-state index contributed by atoms with van der Waals surface area (Å²) < 4.78 is 0. The van der Waals surface area contributed by atoms with E-state index in [1.54, 1.807) is 38.5 Å². The summed E-state index contributed by atoms with van der Waals surface area (Å²) in [5.74, 6) is 0.525. The van der Waals surface area contributed by atoms with Gasteiger partial charge in [-0.05, 0) is 23.8 Å². The van der Waals surface area contributed by atoms with Gasteiger partial charge in [0.05, 0.1) is 6.04 Å². The largest absolute Gasteiger partial charge is 0.355 e. The quantitative estimate of drug-likeness (QED) is 0.910. The van der Waals surface area contributed by atoms with Crippen LogP contribution < -0.4 is 10.2 Å². The number of rotatable bonds is 3. The molecule has 2 amide bonds. The molecule has 7 nitrogen and oxygen atoms in total. The Labute approximate surface area is 146 Å². The molecule has 1 aromatic carbocycles. The molecule has 0 bridgehead atoms. The van der Waals surface area contributed by atoms with Crippen LogP contribution >= 0.6 is 0 Å². The normalized spacial score (nSPS) is 17.3. The summed E-state index contributed by atoms with van der Waals surface area (Å²) in [5.41, 5.74) is 1.51. The predicted octanol–water partition coefficient (Wildman–Crippen LogP) is 1.25. The summed E-state index contributed by atoms with van der Waals surface area (Å²) in [7, 11) is 1.60.